The van der Waals surface area contributed by atoms with Crippen LogP contribution in [0.5, 0.6) is 0 Å². The van der Waals surface area contributed by atoms with Gasteiger partial charge in [0.15, 0.2) is 0 Å². The van der Waals surface area contributed by atoms with Crippen molar-refractivity contribution in [3.05, 3.63) is 35.9 Å². The summed E-state index contributed by atoms with van der Waals surface area (Å²) in [5.74, 6) is 0.771. The summed E-state index contributed by atoms with van der Waals surface area (Å²) in [5, 5.41) is 11.4. The molecule has 0 radical (unpaired) electrons. The van der Waals surface area contributed by atoms with Gasteiger partial charge in [0.2, 0.25) is 0 Å². The number of rotatable bonds is 5. The van der Waals surface area contributed by atoms with Crippen LogP contribution in [-0.2, 0) is 6.42 Å². The van der Waals surface area contributed by atoms with Gasteiger partial charge in [-0.1, -0.05) is 57.0 Å². The summed E-state index contributed by atoms with van der Waals surface area (Å²) >= 11 is 0. The zero-order chi connectivity index (χ0) is 14.6. The van der Waals surface area contributed by atoms with Crippen LogP contribution in [0, 0.1) is 11.3 Å². The Morgan fingerprint density at radius 2 is 1.85 bits per heavy atom. The largest absolute Gasteiger partial charge is 0.389 e. The fourth-order valence-electron chi connectivity index (χ4n) is 3.80. The lowest BCUT2D eigenvalue weighted by Gasteiger charge is -2.50. The summed E-state index contributed by atoms with van der Waals surface area (Å²) in [6.45, 7) is 5.00. The third-order valence-electron chi connectivity index (χ3n) is 5.53. The first kappa shape index (κ1) is 15.5. The van der Waals surface area contributed by atoms with Gasteiger partial charge in [0.25, 0.3) is 0 Å². The van der Waals surface area contributed by atoms with E-state index in [-0.39, 0.29) is 5.41 Å². The van der Waals surface area contributed by atoms with Crippen LogP contribution in [0.4, 0.5) is 0 Å². The average Bonchev–Trinajstić information content (AvgIpc) is 2.49. The van der Waals surface area contributed by atoms with Gasteiger partial charge in [-0.15, -0.1) is 0 Å². The Bertz CT molecular complexity index is 409. The Morgan fingerprint density at radius 3 is 2.35 bits per heavy atom. The third-order valence-corrected chi connectivity index (χ3v) is 5.53. The van der Waals surface area contributed by atoms with E-state index in [2.05, 4.69) is 26.0 Å². The molecule has 1 aromatic rings. The Hall–Kier alpha value is -0.860. The van der Waals surface area contributed by atoms with E-state index in [1.54, 1.807) is 0 Å². The van der Waals surface area contributed by atoms with Crippen molar-refractivity contribution in [2.24, 2.45) is 17.1 Å². The standard InChI is InChI=1S/C18H29NO/c1-3-18(20,13-16-7-5-4-6-8-16)17(14-19)11-9-15(2)10-12-17/h4-8,15,20H,3,9-14,19H2,1-2H3. The van der Waals surface area contributed by atoms with Crippen molar-refractivity contribution in [2.45, 2.75) is 58.0 Å². The zero-order valence-corrected chi connectivity index (χ0v) is 12.9. The molecule has 2 heteroatoms. The number of hydrogen-bond donors (Lipinski definition) is 2. The molecule has 1 fully saturated rings. The normalized spacial score (nSPS) is 29.9. The molecule has 1 saturated carbocycles. The predicted molar refractivity (Wildman–Crippen MR) is 84.5 cm³/mol. The van der Waals surface area contributed by atoms with Crippen molar-refractivity contribution in [3.63, 3.8) is 0 Å². The van der Waals surface area contributed by atoms with E-state index in [1.807, 2.05) is 18.2 Å². The van der Waals surface area contributed by atoms with Crippen LogP contribution in [0.3, 0.4) is 0 Å². The van der Waals surface area contributed by atoms with Crippen LogP contribution in [0.15, 0.2) is 30.3 Å². The average molecular weight is 275 g/mol. The minimum absolute atomic E-state index is 0.107. The molecule has 20 heavy (non-hydrogen) atoms. The van der Waals surface area contributed by atoms with Crippen LogP contribution >= 0.6 is 0 Å². The lowest BCUT2D eigenvalue weighted by molar-refractivity contribution is -0.106. The molecule has 0 aliphatic heterocycles. The molecule has 2 rings (SSSR count). The van der Waals surface area contributed by atoms with Crippen LogP contribution in [0.25, 0.3) is 0 Å². The van der Waals surface area contributed by atoms with Crippen LogP contribution < -0.4 is 5.73 Å². The molecule has 112 valence electrons. The van der Waals surface area contributed by atoms with Gasteiger partial charge in [0, 0.05) is 18.4 Å². The Kier molecular flexibility index (Phi) is 4.87. The van der Waals surface area contributed by atoms with Gasteiger partial charge in [-0.2, -0.15) is 0 Å². The smallest absolute Gasteiger partial charge is 0.0753 e. The third kappa shape index (κ3) is 2.91. The highest BCUT2D eigenvalue weighted by molar-refractivity contribution is 5.19. The first-order chi connectivity index (χ1) is 9.55. The van der Waals surface area contributed by atoms with Crippen LogP contribution in [-0.4, -0.2) is 17.3 Å². The van der Waals surface area contributed by atoms with Crippen molar-refractivity contribution < 1.29 is 5.11 Å². The van der Waals surface area contributed by atoms with E-state index in [1.165, 1.54) is 18.4 Å². The first-order valence-corrected chi connectivity index (χ1v) is 8.01. The van der Waals surface area contributed by atoms with E-state index in [4.69, 9.17) is 5.73 Å². The number of benzene rings is 1. The summed E-state index contributed by atoms with van der Waals surface area (Å²) in [4.78, 5) is 0. The SMILES string of the molecule is CCC(O)(Cc1ccccc1)C1(CN)CCC(C)CC1. The van der Waals surface area contributed by atoms with Gasteiger partial charge in [0.1, 0.15) is 0 Å². The van der Waals surface area contributed by atoms with E-state index in [0.29, 0.717) is 6.54 Å². The molecule has 0 spiro atoms. The second-order valence-corrected chi connectivity index (χ2v) is 6.71. The molecule has 0 saturated heterocycles. The number of nitrogens with two attached hydrogens (primary N) is 1. The first-order valence-electron chi connectivity index (χ1n) is 8.01. The van der Waals surface area contributed by atoms with Gasteiger partial charge >= 0.3 is 0 Å². The Labute approximate surface area is 123 Å². The molecule has 2 nitrogen and oxygen atoms in total. The van der Waals surface area contributed by atoms with Crippen molar-refractivity contribution in [3.8, 4) is 0 Å². The summed E-state index contributed by atoms with van der Waals surface area (Å²) in [7, 11) is 0. The Balaban J connectivity index is 2.23. The summed E-state index contributed by atoms with van der Waals surface area (Å²) in [6.07, 6.45) is 5.98. The molecule has 1 unspecified atom stereocenters. The molecule has 3 N–H and O–H groups in total. The van der Waals surface area contributed by atoms with E-state index < -0.39 is 5.60 Å². The summed E-state index contributed by atoms with van der Waals surface area (Å²) in [5.41, 5.74) is 6.57. The fraction of sp³-hybridized carbons (Fsp3) is 0.667. The molecule has 0 aromatic heterocycles. The van der Waals surface area contributed by atoms with Crippen molar-refractivity contribution in [1.29, 1.82) is 0 Å². The van der Waals surface area contributed by atoms with Gasteiger partial charge in [-0.3, -0.25) is 0 Å². The quantitative estimate of drug-likeness (QED) is 0.863. The monoisotopic (exact) mass is 275 g/mol. The van der Waals surface area contributed by atoms with Gasteiger partial charge in [0.05, 0.1) is 5.60 Å². The highest BCUT2D eigenvalue weighted by Crippen LogP contribution is 2.48. The highest BCUT2D eigenvalue weighted by Gasteiger charge is 2.49. The van der Waals surface area contributed by atoms with Crippen molar-refractivity contribution in [2.75, 3.05) is 6.54 Å². The molecule has 1 aromatic carbocycles. The number of hydrogen-bond acceptors (Lipinski definition) is 2. The molecule has 1 aliphatic rings. The summed E-state index contributed by atoms with van der Waals surface area (Å²) in [6, 6.07) is 10.3. The maximum absolute atomic E-state index is 11.4. The minimum Gasteiger partial charge on any atom is -0.389 e. The van der Waals surface area contributed by atoms with Gasteiger partial charge < -0.3 is 10.8 Å². The molecule has 1 atom stereocenters. The molecule has 0 amide bonds. The van der Waals surface area contributed by atoms with Gasteiger partial charge in [-0.05, 0) is 30.7 Å². The minimum atomic E-state index is -0.677. The molecule has 0 heterocycles. The topological polar surface area (TPSA) is 46.2 Å². The van der Waals surface area contributed by atoms with E-state index in [9.17, 15) is 5.11 Å². The Morgan fingerprint density at radius 1 is 1.25 bits per heavy atom. The van der Waals surface area contributed by atoms with Crippen LogP contribution in [0.2, 0.25) is 0 Å². The molecule has 0 bridgehead atoms. The number of aliphatic hydroxyl groups is 1. The second-order valence-electron chi connectivity index (χ2n) is 6.71. The lowest BCUT2D eigenvalue weighted by Crippen LogP contribution is -2.55. The second kappa shape index (κ2) is 6.28. The molecular weight excluding hydrogens is 246 g/mol. The predicted octanol–water partition coefficient (Wildman–Crippen LogP) is 3.53. The zero-order valence-electron chi connectivity index (χ0n) is 12.9. The molecular formula is C18H29NO. The van der Waals surface area contributed by atoms with Crippen molar-refractivity contribution in [1.82, 2.24) is 0 Å². The highest BCUT2D eigenvalue weighted by atomic mass is 16.3. The lowest BCUT2D eigenvalue weighted by atomic mass is 9.59. The van der Waals surface area contributed by atoms with E-state index in [0.717, 1.165) is 31.6 Å². The van der Waals surface area contributed by atoms with Crippen molar-refractivity contribution >= 4 is 0 Å². The van der Waals surface area contributed by atoms with Crippen LogP contribution in [0.1, 0.15) is 51.5 Å². The summed E-state index contributed by atoms with van der Waals surface area (Å²) < 4.78 is 0. The maximum Gasteiger partial charge on any atom is 0.0753 e. The fourth-order valence-corrected chi connectivity index (χ4v) is 3.80. The van der Waals surface area contributed by atoms with E-state index >= 15 is 0 Å². The van der Waals surface area contributed by atoms with Gasteiger partial charge in [-0.25, -0.2) is 0 Å². The molecule has 1 aliphatic carbocycles. The maximum atomic E-state index is 11.4.